The van der Waals surface area contributed by atoms with Crippen LogP contribution in [0.4, 0.5) is 0 Å². The molecule has 0 aliphatic carbocycles. The standard InChI is InChI=1S/C21H38N2O7/c1-6-10-11-12-18(24)23(16-21(27)30-9-4)17(5)13-22(14-19(25)28-7-2)15-20(26)29-8-3/h17H,6-16H2,1-5H3. The molecule has 0 aliphatic heterocycles. The van der Waals surface area contributed by atoms with Gasteiger partial charge in [-0.3, -0.25) is 24.1 Å². The first kappa shape index (κ1) is 27.8. The van der Waals surface area contributed by atoms with Crippen molar-refractivity contribution in [1.82, 2.24) is 9.80 Å². The highest BCUT2D eigenvalue weighted by molar-refractivity contribution is 5.82. The summed E-state index contributed by atoms with van der Waals surface area (Å²) in [7, 11) is 0. The molecule has 0 rings (SSSR count). The Morgan fingerprint density at radius 1 is 0.733 bits per heavy atom. The Labute approximate surface area is 180 Å². The fourth-order valence-electron chi connectivity index (χ4n) is 2.94. The quantitative estimate of drug-likeness (QED) is 0.207. The number of hydrogen-bond acceptors (Lipinski definition) is 8. The van der Waals surface area contributed by atoms with Crippen molar-refractivity contribution in [3.05, 3.63) is 0 Å². The maximum atomic E-state index is 12.7. The lowest BCUT2D eigenvalue weighted by molar-refractivity contribution is -0.152. The van der Waals surface area contributed by atoms with Crippen molar-refractivity contribution in [1.29, 1.82) is 0 Å². The van der Waals surface area contributed by atoms with Gasteiger partial charge in [0.15, 0.2) is 0 Å². The summed E-state index contributed by atoms with van der Waals surface area (Å²) in [4.78, 5) is 51.7. The van der Waals surface area contributed by atoms with Gasteiger partial charge in [0.25, 0.3) is 0 Å². The van der Waals surface area contributed by atoms with Crippen LogP contribution in [0.2, 0.25) is 0 Å². The minimum absolute atomic E-state index is 0.117. The third-order valence-electron chi connectivity index (χ3n) is 4.29. The lowest BCUT2D eigenvalue weighted by Gasteiger charge is -2.32. The molecule has 174 valence electrons. The highest BCUT2D eigenvalue weighted by atomic mass is 16.5. The van der Waals surface area contributed by atoms with Gasteiger partial charge in [0, 0.05) is 19.0 Å². The summed E-state index contributed by atoms with van der Waals surface area (Å²) in [6.07, 6.45) is 2.96. The van der Waals surface area contributed by atoms with Crippen LogP contribution in [0, 0.1) is 0 Å². The molecular formula is C21H38N2O7. The summed E-state index contributed by atoms with van der Waals surface area (Å²) in [5, 5.41) is 0. The van der Waals surface area contributed by atoms with Crippen LogP contribution < -0.4 is 0 Å². The first-order valence-corrected chi connectivity index (χ1v) is 10.8. The average molecular weight is 431 g/mol. The van der Waals surface area contributed by atoms with E-state index in [0.717, 1.165) is 19.3 Å². The average Bonchev–Trinajstić information content (AvgIpc) is 2.66. The Morgan fingerprint density at radius 3 is 1.63 bits per heavy atom. The third-order valence-corrected chi connectivity index (χ3v) is 4.29. The van der Waals surface area contributed by atoms with Crippen LogP contribution in [0.5, 0.6) is 0 Å². The first-order chi connectivity index (χ1) is 14.3. The second-order valence-electron chi connectivity index (χ2n) is 6.91. The molecule has 1 amide bonds. The van der Waals surface area contributed by atoms with Gasteiger partial charge in [-0.1, -0.05) is 19.8 Å². The van der Waals surface area contributed by atoms with Crippen LogP contribution in [0.1, 0.15) is 60.3 Å². The number of hydrogen-bond donors (Lipinski definition) is 0. The molecule has 9 heteroatoms. The molecule has 1 unspecified atom stereocenters. The topological polar surface area (TPSA) is 102 Å². The Bertz CT molecular complexity index is 519. The van der Waals surface area contributed by atoms with Crippen LogP contribution in [-0.2, 0) is 33.4 Å². The number of carbonyl (C=O) groups excluding carboxylic acids is 4. The van der Waals surface area contributed by atoms with E-state index in [1.807, 2.05) is 6.92 Å². The highest BCUT2D eigenvalue weighted by Crippen LogP contribution is 2.10. The molecule has 0 aliphatic rings. The number of unbranched alkanes of at least 4 members (excludes halogenated alkanes) is 2. The summed E-state index contributed by atoms with van der Waals surface area (Å²) in [5.41, 5.74) is 0. The Kier molecular flexibility index (Phi) is 15.4. The number of ether oxygens (including phenoxy) is 3. The van der Waals surface area contributed by atoms with Crippen molar-refractivity contribution in [3.63, 3.8) is 0 Å². The number of carbonyl (C=O) groups is 4. The molecule has 0 aromatic heterocycles. The zero-order chi connectivity index (χ0) is 22.9. The molecular weight excluding hydrogens is 392 g/mol. The number of amides is 1. The van der Waals surface area contributed by atoms with Crippen LogP contribution in [-0.4, -0.2) is 85.7 Å². The lowest BCUT2D eigenvalue weighted by Crippen LogP contribution is -2.49. The molecule has 0 spiro atoms. The van der Waals surface area contributed by atoms with Gasteiger partial charge in [0.2, 0.25) is 5.91 Å². The Hall–Kier alpha value is -2.16. The number of esters is 3. The van der Waals surface area contributed by atoms with Gasteiger partial charge in [0.05, 0.1) is 32.9 Å². The van der Waals surface area contributed by atoms with E-state index in [0.29, 0.717) is 6.42 Å². The first-order valence-electron chi connectivity index (χ1n) is 10.8. The molecule has 9 nitrogen and oxygen atoms in total. The van der Waals surface area contributed by atoms with Crippen LogP contribution in [0.3, 0.4) is 0 Å². The van der Waals surface area contributed by atoms with Gasteiger partial charge < -0.3 is 19.1 Å². The monoisotopic (exact) mass is 430 g/mol. The normalized spacial score (nSPS) is 11.7. The van der Waals surface area contributed by atoms with Crippen molar-refractivity contribution < 1.29 is 33.4 Å². The van der Waals surface area contributed by atoms with Gasteiger partial charge in [-0.05, 0) is 34.1 Å². The van der Waals surface area contributed by atoms with Crippen LogP contribution in [0.25, 0.3) is 0 Å². The van der Waals surface area contributed by atoms with E-state index in [4.69, 9.17) is 14.2 Å². The van der Waals surface area contributed by atoms with Crippen molar-refractivity contribution in [2.75, 3.05) is 46.0 Å². The van der Waals surface area contributed by atoms with Crippen molar-refractivity contribution >= 4 is 23.8 Å². The van der Waals surface area contributed by atoms with Crippen LogP contribution >= 0.6 is 0 Å². The predicted octanol–water partition coefficient (Wildman–Crippen LogP) is 1.78. The fraction of sp³-hybridized carbons (Fsp3) is 0.810. The third kappa shape index (κ3) is 12.4. The summed E-state index contributed by atoms with van der Waals surface area (Å²) < 4.78 is 15.0. The zero-order valence-corrected chi connectivity index (χ0v) is 19.1. The number of nitrogens with zero attached hydrogens (tertiary/aromatic N) is 2. The molecule has 0 radical (unpaired) electrons. The molecule has 0 heterocycles. The van der Waals surface area contributed by atoms with E-state index in [-0.39, 0.29) is 51.9 Å². The van der Waals surface area contributed by atoms with Crippen molar-refractivity contribution in [2.45, 2.75) is 66.3 Å². The second-order valence-corrected chi connectivity index (χ2v) is 6.91. The molecule has 0 aromatic rings. The second kappa shape index (κ2) is 16.6. The largest absolute Gasteiger partial charge is 0.465 e. The van der Waals surface area contributed by atoms with E-state index in [1.54, 1.807) is 32.6 Å². The van der Waals surface area contributed by atoms with E-state index >= 15 is 0 Å². The maximum absolute atomic E-state index is 12.7. The molecule has 0 saturated carbocycles. The minimum Gasteiger partial charge on any atom is -0.465 e. The summed E-state index contributed by atoms with van der Waals surface area (Å²) in [6, 6.07) is -0.424. The Morgan fingerprint density at radius 2 is 1.20 bits per heavy atom. The predicted molar refractivity (Wildman–Crippen MR) is 112 cm³/mol. The molecule has 0 saturated heterocycles. The van der Waals surface area contributed by atoms with Gasteiger partial charge >= 0.3 is 17.9 Å². The molecule has 0 aromatic carbocycles. The van der Waals surface area contributed by atoms with Gasteiger partial charge in [-0.25, -0.2) is 0 Å². The van der Waals surface area contributed by atoms with E-state index in [2.05, 4.69) is 0 Å². The maximum Gasteiger partial charge on any atom is 0.325 e. The van der Waals surface area contributed by atoms with Crippen LogP contribution in [0.15, 0.2) is 0 Å². The summed E-state index contributed by atoms with van der Waals surface area (Å²) in [5.74, 6) is -1.59. The van der Waals surface area contributed by atoms with E-state index < -0.39 is 23.9 Å². The highest BCUT2D eigenvalue weighted by Gasteiger charge is 2.26. The zero-order valence-electron chi connectivity index (χ0n) is 19.1. The van der Waals surface area contributed by atoms with E-state index in [9.17, 15) is 19.2 Å². The molecule has 1 atom stereocenters. The molecule has 0 N–H and O–H groups in total. The molecule has 0 bridgehead atoms. The smallest absolute Gasteiger partial charge is 0.325 e. The summed E-state index contributed by atoms with van der Waals surface area (Å²) >= 11 is 0. The van der Waals surface area contributed by atoms with Crippen molar-refractivity contribution in [3.8, 4) is 0 Å². The Balaban J connectivity index is 5.29. The fourth-order valence-corrected chi connectivity index (χ4v) is 2.94. The summed E-state index contributed by atoms with van der Waals surface area (Å²) in [6.45, 7) is 9.41. The molecule has 0 fully saturated rings. The van der Waals surface area contributed by atoms with Gasteiger partial charge in [-0.15, -0.1) is 0 Å². The minimum atomic E-state index is -0.490. The van der Waals surface area contributed by atoms with E-state index in [1.165, 1.54) is 4.90 Å². The van der Waals surface area contributed by atoms with Crippen molar-refractivity contribution in [2.24, 2.45) is 0 Å². The SMILES string of the molecule is CCCCCC(=O)N(CC(=O)OCC)C(C)CN(CC(=O)OCC)CC(=O)OCC. The number of rotatable bonds is 16. The van der Waals surface area contributed by atoms with Gasteiger partial charge in [0.1, 0.15) is 6.54 Å². The molecule has 30 heavy (non-hydrogen) atoms. The lowest BCUT2D eigenvalue weighted by atomic mass is 10.1. The van der Waals surface area contributed by atoms with Gasteiger partial charge in [-0.2, -0.15) is 0 Å².